The van der Waals surface area contributed by atoms with Gasteiger partial charge in [0, 0.05) is 0 Å². The Morgan fingerprint density at radius 1 is 0.931 bits per heavy atom. The second-order valence-corrected chi connectivity index (χ2v) is 6.79. The number of ether oxygens (including phenoxy) is 2. The maximum absolute atomic E-state index is 11.9. The number of carbonyl (C=O) groups excluding carboxylic acids is 1. The second kappa shape index (κ2) is 10.1. The number of carbonyl (C=O) groups is 1. The minimum atomic E-state index is -0.328. The smallest absolute Gasteiger partial charge is 0.277 e. The molecule has 5 heteroatoms. The third-order valence-electron chi connectivity index (χ3n) is 4.16. The van der Waals surface area contributed by atoms with E-state index in [0.717, 1.165) is 11.3 Å². The van der Waals surface area contributed by atoms with Gasteiger partial charge in [-0.3, -0.25) is 4.79 Å². The lowest BCUT2D eigenvalue weighted by atomic mass is 10.0. The fraction of sp³-hybridized carbons (Fsp3) is 0.167. The van der Waals surface area contributed by atoms with Crippen molar-refractivity contribution in [1.29, 1.82) is 0 Å². The van der Waals surface area contributed by atoms with Gasteiger partial charge >= 0.3 is 0 Å². The number of nitrogens with zero attached hydrogens (tertiary/aromatic N) is 1. The van der Waals surface area contributed by atoms with Gasteiger partial charge in [-0.2, -0.15) is 5.10 Å². The molecule has 1 amide bonds. The third kappa shape index (κ3) is 6.50. The van der Waals surface area contributed by atoms with Crippen molar-refractivity contribution in [2.24, 2.45) is 5.10 Å². The summed E-state index contributed by atoms with van der Waals surface area (Å²) in [5, 5.41) is 3.98. The van der Waals surface area contributed by atoms with Crippen molar-refractivity contribution in [2.45, 2.75) is 19.8 Å². The average molecular weight is 388 g/mol. The van der Waals surface area contributed by atoms with Crippen LogP contribution in [-0.4, -0.2) is 18.7 Å². The van der Waals surface area contributed by atoms with Gasteiger partial charge in [0.05, 0.1) is 6.21 Å². The molecule has 3 aromatic rings. The number of hydrazone groups is 1. The first-order valence-corrected chi connectivity index (χ1v) is 9.48. The molecule has 0 radical (unpaired) electrons. The predicted octanol–water partition coefficient (Wildman–Crippen LogP) is 5.13. The van der Waals surface area contributed by atoms with Gasteiger partial charge in [0.2, 0.25) is 0 Å². The van der Waals surface area contributed by atoms with Crippen molar-refractivity contribution in [1.82, 2.24) is 5.43 Å². The highest BCUT2D eigenvalue weighted by atomic mass is 16.5. The summed E-state index contributed by atoms with van der Waals surface area (Å²) in [5.41, 5.74) is 4.50. The van der Waals surface area contributed by atoms with Gasteiger partial charge in [0.25, 0.3) is 5.91 Å². The lowest BCUT2D eigenvalue weighted by Gasteiger charge is -2.08. The van der Waals surface area contributed by atoms with E-state index < -0.39 is 0 Å². The summed E-state index contributed by atoms with van der Waals surface area (Å²) in [6, 6.07) is 24.7. The third-order valence-corrected chi connectivity index (χ3v) is 4.16. The Bertz CT molecular complexity index is 951. The Morgan fingerprint density at radius 2 is 1.66 bits per heavy atom. The molecule has 0 aromatic heterocycles. The molecule has 0 saturated heterocycles. The zero-order valence-corrected chi connectivity index (χ0v) is 16.5. The van der Waals surface area contributed by atoms with Gasteiger partial charge in [-0.25, -0.2) is 5.43 Å². The zero-order chi connectivity index (χ0) is 20.5. The first kappa shape index (κ1) is 20.1. The summed E-state index contributed by atoms with van der Waals surface area (Å²) >= 11 is 0. The van der Waals surface area contributed by atoms with Crippen molar-refractivity contribution in [3.63, 3.8) is 0 Å². The van der Waals surface area contributed by atoms with E-state index >= 15 is 0 Å². The van der Waals surface area contributed by atoms with Crippen molar-refractivity contribution in [3.05, 3.63) is 90.0 Å². The van der Waals surface area contributed by atoms with Crippen LogP contribution in [0.15, 0.2) is 84.0 Å². The van der Waals surface area contributed by atoms with Gasteiger partial charge in [-0.1, -0.05) is 56.3 Å². The van der Waals surface area contributed by atoms with Crippen LogP contribution in [0.2, 0.25) is 0 Å². The number of benzene rings is 3. The van der Waals surface area contributed by atoms with E-state index in [9.17, 15) is 4.79 Å². The summed E-state index contributed by atoms with van der Waals surface area (Å²) in [6.07, 6.45) is 1.56. The summed E-state index contributed by atoms with van der Waals surface area (Å²) in [6.45, 7) is 4.16. The van der Waals surface area contributed by atoms with Gasteiger partial charge in [0.15, 0.2) is 6.61 Å². The van der Waals surface area contributed by atoms with Crippen molar-refractivity contribution in [2.75, 3.05) is 6.61 Å². The highest BCUT2D eigenvalue weighted by Gasteiger charge is 2.03. The number of amides is 1. The highest BCUT2D eigenvalue weighted by Crippen LogP contribution is 2.21. The molecule has 0 bridgehead atoms. The highest BCUT2D eigenvalue weighted by molar-refractivity contribution is 5.83. The number of nitrogens with one attached hydrogen (secondary N) is 1. The van der Waals surface area contributed by atoms with E-state index in [1.165, 1.54) is 5.56 Å². The van der Waals surface area contributed by atoms with Crippen LogP contribution in [0.5, 0.6) is 17.2 Å². The maximum atomic E-state index is 11.9. The van der Waals surface area contributed by atoms with Crippen LogP contribution < -0.4 is 14.9 Å². The average Bonchev–Trinajstić information content (AvgIpc) is 2.73. The first-order valence-electron chi connectivity index (χ1n) is 9.48. The molecule has 3 aromatic carbocycles. The molecule has 0 saturated carbocycles. The largest absolute Gasteiger partial charge is 0.484 e. The lowest BCUT2D eigenvalue weighted by Crippen LogP contribution is -2.24. The molecule has 0 spiro atoms. The lowest BCUT2D eigenvalue weighted by molar-refractivity contribution is -0.123. The summed E-state index contributed by atoms with van der Waals surface area (Å²) < 4.78 is 11.3. The van der Waals surface area contributed by atoms with Crippen molar-refractivity contribution >= 4 is 12.1 Å². The topological polar surface area (TPSA) is 59.9 Å². The molecule has 0 fully saturated rings. The quantitative estimate of drug-likeness (QED) is 0.430. The van der Waals surface area contributed by atoms with Crippen LogP contribution in [0.25, 0.3) is 0 Å². The molecule has 0 unspecified atom stereocenters. The van der Waals surface area contributed by atoms with Crippen LogP contribution in [-0.2, 0) is 4.79 Å². The molecule has 5 nitrogen and oxygen atoms in total. The Morgan fingerprint density at radius 3 is 2.38 bits per heavy atom. The number of para-hydroxylation sites is 1. The molecule has 1 N–H and O–H groups in total. The van der Waals surface area contributed by atoms with E-state index in [2.05, 4.69) is 24.4 Å². The molecule has 0 aliphatic rings. The fourth-order valence-corrected chi connectivity index (χ4v) is 2.59. The van der Waals surface area contributed by atoms with Crippen molar-refractivity contribution < 1.29 is 14.3 Å². The van der Waals surface area contributed by atoms with E-state index in [1.54, 1.807) is 6.21 Å². The maximum Gasteiger partial charge on any atom is 0.277 e. The van der Waals surface area contributed by atoms with Crippen LogP contribution in [0.3, 0.4) is 0 Å². The predicted molar refractivity (Wildman–Crippen MR) is 115 cm³/mol. The molecule has 0 aliphatic carbocycles. The summed E-state index contributed by atoms with van der Waals surface area (Å²) in [7, 11) is 0. The van der Waals surface area contributed by atoms with E-state index in [-0.39, 0.29) is 12.5 Å². The minimum absolute atomic E-state index is 0.102. The minimum Gasteiger partial charge on any atom is -0.484 e. The van der Waals surface area contributed by atoms with E-state index in [0.29, 0.717) is 17.4 Å². The summed E-state index contributed by atoms with van der Waals surface area (Å²) in [4.78, 5) is 11.9. The second-order valence-electron chi connectivity index (χ2n) is 6.79. The molecular formula is C24H24N2O3. The van der Waals surface area contributed by atoms with Gasteiger partial charge < -0.3 is 9.47 Å². The van der Waals surface area contributed by atoms with Gasteiger partial charge in [-0.15, -0.1) is 0 Å². The molecule has 3 rings (SSSR count). The number of rotatable bonds is 8. The molecule has 148 valence electrons. The normalized spacial score (nSPS) is 10.9. The van der Waals surface area contributed by atoms with E-state index in [4.69, 9.17) is 9.47 Å². The molecular weight excluding hydrogens is 364 g/mol. The molecule has 0 heterocycles. The fourth-order valence-electron chi connectivity index (χ4n) is 2.59. The molecule has 0 aliphatic heterocycles. The zero-order valence-electron chi connectivity index (χ0n) is 16.5. The Balaban J connectivity index is 1.47. The summed E-state index contributed by atoms with van der Waals surface area (Å²) in [5.74, 6) is 2.23. The van der Waals surface area contributed by atoms with Crippen LogP contribution in [0.4, 0.5) is 0 Å². The van der Waals surface area contributed by atoms with E-state index in [1.807, 2.05) is 78.9 Å². The van der Waals surface area contributed by atoms with Crippen LogP contribution >= 0.6 is 0 Å². The Labute approximate surface area is 171 Å². The monoisotopic (exact) mass is 388 g/mol. The van der Waals surface area contributed by atoms with Gasteiger partial charge in [0.1, 0.15) is 17.2 Å². The van der Waals surface area contributed by atoms with Crippen molar-refractivity contribution in [3.8, 4) is 17.2 Å². The standard InChI is InChI=1S/C24H24N2O3/c1-18(2)20-11-13-21(14-12-20)28-17-24(27)26-25-16-19-7-6-10-23(15-19)29-22-8-4-3-5-9-22/h3-16,18H,17H2,1-2H3,(H,26,27)/b25-16-. The molecule has 29 heavy (non-hydrogen) atoms. The Hall–Kier alpha value is -3.60. The van der Waals surface area contributed by atoms with Crippen LogP contribution in [0, 0.1) is 0 Å². The number of hydrogen-bond acceptors (Lipinski definition) is 4. The van der Waals surface area contributed by atoms with Gasteiger partial charge in [-0.05, 0) is 53.4 Å². The molecule has 0 atom stereocenters. The number of hydrogen-bond donors (Lipinski definition) is 1. The Kier molecular flexibility index (Phi) is 7.00. The first-order chi connectivity index (χ1) is 14.1. The van der Waals surface area contributed by atoms with Crippen LogP contribution in [0.1, 0.15) is 30.9 Å². The SMILES string of the molecule is CC(C)c1ccc(OCC(=O)N/N=C\c2cccc(Oc3ccccc3)c2)cc1.